The molecule has 0 radical (unpaired) electrons. The normalized spacial score (nSPS) is 16.6. The van der Waals surface area contributed by atoms with Gasteiger partial charge in [-0.3, -0.25) is 9.80 Å². The second kappa shape index (κ2) is 13.5. The van der Waals surface area contributed by atoms with Gasteiger partial charge in [0.15, 0.2) is 11.7 Å². The van der Waals surface area contributed by atoms with Crippen LogP contribution in [0.4, 0.5) is 27.4 Å². The maximum absolute atomic E-state index is 13.6. The van der Waals surface area contributed by atoms with Gasteiger partial charge in [-0.15, -0.1) is 0 Å². The Morgan fingerprint density at radius 3 is 2.57 bits per heavy atom. The summed E-state index contributed by atoms with van der Waals surface area (Å²) in [5.41, 5.74) is 10.8. The van der Waals surface area contributed by atoms with Crippen LogP contribution >= 0.6 is 0 Å². The Morgan fingerprint density at radius 2 is 1.87 bits per heavy atom. The van der Waals surface area contributed by atoms with Crippen molar-refractivity contribution in [2.24, 2.45) is 10.9 Å². The highest BCUT2D eigenvalue weighted by molar-refractivity contribution is 6.03. The molecule has 4 aromatic rings. The maximum Gasteiger partial charge on any atom is 0.234 e. The predicted octanol–water partition coefficient (Wildman–Crippen LogP) is 5.72. The largest absolute Gasteiger partial charge is 0.409 e. The standard InChI is InChI=1S/C34H33FN10O/c1-2-3-27(32(37)43-46)33-41-29-13-12-28(23-6-8-24(35)9-7-23)40-34(29)45(33)26-10-4-22(5-11-26)21-44-18-15-25(16-19-44)39-30-14-17-38-31(20-36)42-30/h2-14,17,25,41,46H,15-16,18-19,21H2,1H3,(H2,37,43)(H,38,39,42)/b3-2-,33-27+. The Kier molecular flexibility index (Phi) is 8.84. The summed E-state index contributed by atoms with van der Waals surface area (Å²) in [5.74, 6) is 1.71. The lowest BCUT2D eigenvalue weighted by molar-refractivity contribution is 0.211. The van der Waals surface area contributed by atoms with Crippen LogP contribution in [0.1, 0.15) is 31.2 Å². The minimum atomic E-state index is -0.313. The van der Waals surface area contributed by atoms with E-state index < -0.39 is 0 Å². The topological polar surface area (TPSA) is 152 Å². The van der Waals surface area contributed by atoms with Crippen LogP contribution < -0.4 is 21.3 Å². The van der Waals surface area contributed by atoms with Gasteiger partial charge in [0.1, 0.15) is 23.5 Å². The van der Waals surface area contributed by atoms with Crippen molar-refractivity contribution in [1.29, 1.82) is 5.26 Å². The summed E-state index contributed by atoms with van der Waals surface area (Å²) in [7, 11) is 0. The smallest absolute Gasteiger partial charge is 0.234 e. The number of aromatic nitrogens is 3. The highest BCUT2D eigenvalue weighted by Crippen LogP contribution is 2.43. The number of oxime groups is 1. The zero-order chi connectivity index (χ0) is 32.0. The van der Waals surface area contributed by atoms with Crippen LogP contribution in [-0.2, 0) is 6.54 Å². The number of hydrogen-bond acceptors (Lipinski definition) is 10. The summed E-state index contributed by atoms with van der Waals surface area (Å²) in [5, 5.41) is 28.7. The third kappa shape index (κ3) is 6.50. The number of nitrogens with one attached hydrogen (secondary N) is 2. The van der Waals surface area contributed by atoms with Crippen molar-refractivity contribution in [2.45, 2.75) is 32.4 Å². The van der Waals surface area contributed by atoms with Gasteiger partial charge in [-0.2, -0.15) is 5.26 Å². The second-order valence-corrected chi connectivity index (χ2v) is 11.0. The predicted molar refractivity (Wildman–Crippen MR) is 176 cm³/mol. The highest BCUT2D eigenvalue weighted by Gasteiger charge is 2.31. The van der Waals surface area contributed by atoms with E-state index >= 15 is 0 Å². The zero-order valence-electron chi connectivity index (χ0n) is 25.2. The highest BCUT2D eigenvalue weighted by atomic mass is 19.1. The summed E-state index contributed by atoms with van der Waals surface area (Å²) >= 11 is 0. The minimum absolute atomic E-state index is 0.0445. The third-order valence-corrected chi connectivity index (χ3v) is 7.97. The first-order valence-corrected chi connectivity index (χ1v) is 15.0. The molecule has 0 atom stereocenters. The van der Waals surface area contributed by atoms with Crippen LogP contribution in [-0.4, -0.2) is 50.0 Å². The number of halogens is 1. The molecule has 0 saturated carbocycles. The van der Waals surface area contributed by atoms with Crippen molar-refractivity contribution >= 4 is 28.8 Å². The molecule has 5 N–H and O–H groups in total. The van der Waals surface area contributed by atoms with Crippen LogP contribution in [0, 0.1) is 17.1 Å². The summed E-state index contributed by atoms with van der Waals surface area (Å²) in [6.45, 7) is 4.51. The third-order valence-electron chi connectivity index (χ3n) is 7.97. The molecule has 4 heterocycles. The van der Waals surface area contributed by atoms with E-state index in [9.17, 15) is 9.60 Å². The van der Waals surface area contributed by atoms with Gasteiger partial charge in [0.25, 0.3) is 0 Å². The van der Waals surface area contributed by atoms with E-state index in [0.717, 1.165) is 49.4 Å². The van der Waals surface area contributed by atoms with Gasteiger partial charge in [-0.05, 0) is 79.9 Å². The SMILES string of the molecule is C/C=C\C(C(N)=NO)=C1\Nc2ccc(-c3ccc(F)cc3)nc2N1c1ccc(CN2CCC(Nc3ccnc(C#N)n3)CC2)cc1. The molecule has 2 aromatic heterocycles. The first kappa shape index (κ1) is 30.2. The number of benzene rings is 2. The number of piperidine rings is 1. The number of allylic oxidation sites excluding steroid dienone is 1. The fourth-order valence-corrected chi connectivity index (χ4v) is 5.68. The number of hydrogen-bond donors (Lipinski definition) is 4. The van der Waals surface area contributed by atoms with E-state index in [-0.39, 0.29) is 23.5 Å². The van der Waals surface area contributed by atoms with Gasteiger partial charge in [0.05, 0.1) is 17.0 Å². The van der Waals surface area contributed by atoms with E-state index in [1.54, 1.807) is 30.5 Å². The Bertz CT molecular complexity index is 1840. The van der Waals surface area contributed by atoms with Gasteiger partial charge in [-0.1, -0.05) is 29.4 Å². The molecule has 2 aromatic carbocycles. The van der Waals surface area contributed by atoms with Crippen molar-refractivity contribution in [3.63, 3.8) is 0 Å². The van der Waals surface area contributed by atoms with Crippen molar-refractivity contribution in [3.05, 3.63) is 114 Å². The molecule has 2 aliphatic heterocycles. The lowest BCUT2D eigenvalue weighted by Crippen LogP contribution is -2.38. The summed E-state index contributed by atoms with van der Waals surface area (Å²) in [6.07, 6.45) is 7.10. The number of nitrogens with two attached hydrogens (primary N) is 1. The molecule has 1 fully saturated rings. The molecule has 12 heteroatoms. The molecule has 0 bridgehead atoms. The zero-order valence-corrected chi connectivity index (χ0v) is 25.2. The van der Waals surface area contributed by atoms with Gasteiger partial charge < -0.3 is 21.6 Å². The Balaban J connectivity index is 1.22. The van der Waals surface area contributed by atoms with Gasteiger partial charge in [-0.25, -0.2) is 19.3 Å². The number of likely N-dealkylation sites (tertiary alicyclic amines) is 1. The fourth-order valence-electron chi connectivity index (χ4n) is 5.68. The van der Waals surface area contributed by atoms with Crippen LogP contribution in [0.25, 0.3) is 11.3 Å². The number of anilines is 4. The first-order valence-electron chi connectivity index (χ1n) is 15.0. The lowest BCUT2D eigenvalue weighted by Gasteiger charge is -2.32. The van der Waals surface area contributed by atoms with E-state index in [1.807, 2.05) is 48.2 Å². The average molecular weight is 617 g/mol. The van der Waals surface area contributed by atoms with Crippen LogP contribution in [0.15, 0.2) is 102 Å². The van der Waals surface area contributed by atoms with Crippen LogP contribution in [0.3, 0.4) is 0 Å². The van der Waals surface area contributed by atoms with Crippen molar-refractivity contribution in [1.82, 2.24) is 19.9 Å². The van der Waals surface area contributed by atoms with E-state index in [2.05, 4.69) is 42.8 Å². The Morgan fingerprint density at radius 1 is 1.11 bits per heavy atom. The van der Waals surface area contributed by atoms with Gasteiger partial charge in [0, 0.05) is 43.1 Å². The molecular formula is C34H33FN10O. The van der Waals surface area contributed by atoms with Crippen molar-refractivity contribution < 1.29 is 9.60 Å². The minimum Gasteiger partial charge on any atom is -0.409 e. The maximum atomic E-state index is 13.6. The van der Waals surface area contributed by atoms with Crippen LogP contribution in [0.5, 0.6) is 0 Å². The Labute approximate surface area is 266 Å². The van der Waals surface area contributed by atoms with E-state index in [1.165, 1.54) is 17.7 Å². The number of nitriles is 1. The number of fused-ring (bicyclic) bond motifs is 1. The molecular weight excluding hydrogens is 583 g/mol. The average Bonchev–Trinajstić information content (AvgIpc) is 3.47. The van der Waals surface area contributed by atoms with E-state index in [4.69, 9.17) is 16.0 Å². The molecule has 232 valence electrons. The second-order valence-electron chi connectivity index (χ2n) is 11.0. The summed E-state index contributed by atoms with van der Waals surface area (Å²) in [4.78, 5) is 17.5. The molecule has 0 amide bonds. The number of pyridine rings is 1. The number of amidine groups is 1. The molecule has 6 rings (SSSR count). The molecule has 46 heavy (non-hydrogen) atoms. The summed E-state index contributed by atoms with van der Waals surface area (Å²) < 4.78 is 13.6. The number of rotatable bonds is 8. The van der Waals surface area contributed by atoms with Gasteiger partial charge in [0.2, 0.25) is 5.82 Å². The molecule has 1 saturated heterocycles. The van der Waals surface area contributed by atoms with E-state index in [0.29, 0.717) is 28.7 Å². The first-order chi connectivity index (χ1) is 22.4. The monoisotopic (exact) mass is 616 g/mol. The molecule has 0 unspecified atom stereocenters. The molecule has 11 nitrogen and oxygen atoms in total. The van der Waals surface area contributed by atoms with Crippen molar-refractivity contribution in [3.8, 4) is 17.3 Å². The molecule has 2 aliphatic rings. The quantitative estimate of drug-likeness (QED) is 0.0837. The summed E-state index contributed by atoms with van der Waals surface area (Å²) in [6, 6.07) is 22.3. The molecule has 0 spiro atoms. The molecule has 0 aliphatic carbocycles. The fraction of sp³-hybridized carbons (Fsp3) is 0.206. The van der Waals surface area contributed by atoms with Gasteiger partial charge >= 0.3 is 0 Å². The Hall–Kier alpha value is -5.80. The van der Waals surface area contributed by atoms with Crippen LogP contribution in [0.2, 0.25) is 0 Å². The van der Waals surface area contributed by atoms with Crippen molar-refractivity contribution in [2.75, 3.05) is 28.6 Å². The number of nitrogens with zero attached hydrogens (tertiary/aromatic N) is 7. The lowest BCUT2D eigenvalue weighted by atomic mass is 10.0.